The van der Waals surface area contributed by atoms with Gasteiger partial charge < -0.3 is 15.0 Å². The van der Waals surface area contributed by atoms with E-state index < -0.39 is 0 Å². The van der Waals surface area contributed by atoms with Gasteiger partial charge in [0.1, 0.15) is 0 Å². The number of ether oxygens (including phenoxy) is 1. The molecule has 1 aliphatic rings. The molecule has 6 nitrogen and oxygen atoms in total. The van der Waals surface area contributed by atoms with Crippen LogP contribution in [0.1, 0.15) is 37.8 Å². The topological polar surface area (TPSA) is 54.7 Å². The maximum atomic E-state index is 5.75. The largest absolute Gasteiger partial charge is 0.378 e. The van der Waals surface area contributed by atoms with Gasteiger partial charge in [0.25, 0.3) is 0 Å². The number of likely N-dealkylation sites (tertiary alicyclic amines) is 1. The molecule has 0 amide bonds. The van der Waals surface area contributed by atoms with Gasteiger partial charge in [0.2, 0.25) is 0 Å². The molecule has 0 aliphatic carbocycles. The Morgan fingerprint density at radius 2 is 1.93 bits per heavy atom. The molecule has 1 fully saturated rings. The van der Waals surface area contributed by atoms with Gasteiger partial charge in [0, 0.05) is 38.0 Å². The SMILES string of the molecule is CCNC(=NCc1cnn(Cc2ccccc2)c1)N1CCC(OCC)CC1.I. The molecule has 0 atom stereocenters. The molecule has 0 bridgehead atoms. The van der Waals surface area contributed by atoms with Crippen molar-refractivity contribution < 1.29 is 4.74 Å². The van der Waals surface area contributed by atoms with Crippen molar-refractivity contribution >= 4 is 29.9 Å². The summed E-state index contributed by atoms with van der Waals surface area (Å²) in [7, 11) is 0. The van der Waals surface area contributed by atoms with E-state index in [-0.39, 0.29) is 24.0 Å². The summed E-state index contributed by atoms with van der Waals surface area (Å²) >= 11 is 0. The first-order valence-electron chi connectivity index (χ1n) is 9.98. The quantitative estimate of drug-likeness (QED) is 0.362. The number of piperidine rings is 1. The summed E-state index contributed by atoms with van der Waals surface area (Å²) in [6.45, 7) is 9.26. The summed E-state index contributed by atoms with van der Waals surface area (Å²) < 4.78 is 7.73. The van der Waals surface area contributed by atoms with Crippen LogP contribution >= 0.6 is 24.0 Å². The Morgan fingerprint density at radius 1 is 1.18 bits per heavy atom. The lowest BCUT2D eigenvalue weighted by molar-refractivity contribution is 0.0263. The van der Waals surface area contributed by atoms with Gasteiger partial charge in [-0.2, -0.15) is 5.10 Å². The first kappa shape index (κ1) is 22.7. The lowest BCUT2D eigenvalue weighted by Gasteiger charge is -2.34. The van der Waals surface area contributed by atoms with Gasteiger partial charge in [0.05, 0.1) is 25.4 Å². The molecule has 154 valence electrons. The predicted octanol–water partition coefficient (Wildman–Crippen LogP) is 3.52. The molecule has 0 saturated carbocycles. The average molecular weight is 497 g/mol. The molecule has 7 heteroatoms. The summed E-state index contributed by atoms with van der Waals surface area (Å²) in [6.07, 6.45) is 6.52. The number of hydrogen-bond acceptors (Lipinski definition) is 3. The van der Waals surface area contributed by atoms with Crippen molar-refractivity contribution in [2.24, 2.45) is 4.99 Å². The Bertz CT molecular complexity index is 711. The van der Waals surface area contributed by atoms with Crippen LogP contribution in [-0.2, 0) is 17.8 Å². The fraction of sp³-hybridized carbons (Fsp3) is 0.524. The number of rotatable bonds is 7. The lowest BCUT2D eigenvalue weighted by atomic mass is 10.1. The second-order valence-corrected chi connectivity index (χ2v) is 6.84. The van der Waals surface area contributed by atoms with Gasteiger partial charge in [-0.15, -0.1) is 24.0 Å². The Hall–Kier alpha value is -1.61. The van der Waals surface area contributed by atoms with Crippen molar-refractivity contribution in [2.45, 2.75) is 45.9 Å². The highest BCUT2D eigenvalue weighted by Crippen LogP contribution is 2.14. The molecule has 2 heterocycles. The van der Waals surface area contributed by atoms with E-state index in [1.165, 1.54) is 5.56 Å². The van der Waals surface area contributed by atoms with E-state index in [1.807, 2.05) is 16.9 Å². The lowest BCUT2D eigenvalue weighted by Crippen LogP contribution is -2.47. The van der Waals surface area contributed by atoms with E-state index >= 15 is 0 Å². The minimum absolute atomic E-state index is 0. The van der Waals surface area contributed by atoms with E-state index in [9.17, 15) is 0 Å². The third kappa shape index (κ3) is 6.77. The summed E-state index contributed by atoms with van der Waals surface area (Å²) in [5, 5.41) is 7.90. The highest BCUT2D eigenvalue weighted by Gasteiger charge is 2.21. The summed E-state index contributed by atoms with van der Waals surface area (Å²) in [5.74, 6) is 0.989. The van der Waals surface area contributed by atoms with Crippen molar-refractivity contribution in [3.05, 3.63) is 53.9 Å². The third-order valence-corrected chi connectivity index (χ3v) is 4.76. The van der Waals surface area contributed by atoms with Crippen LogP contribution in [0.15, 0.2) is 47.7 Å². The normalized spacial score (nSPS) is 15.4. The molecule has 28 heavy (non-hydrogen) atoms. The molecule has 3 rings (SSSR count). The van der Waals surface area contributed by atoms with Crippen molar-refractivity contribution in [1.29, 1.82) is 0 Å². The zero-order chi connectivity index (χ0) is 18.9. The standard InChI is InChI=1S/C21H31N5O.HI/c1-3-22-21(25-12-10-20(11-13-25)27-4-2)23-14-19-15-24-26(17-19)16-18-8-6-5-7-9-18;/h5-9,15,17,20H,3-4,10-14,16H2,1-2H3,(H,22,23);1H. The number of halogens is 1. The van der Waals surface area contributed by atoms with Crippen LogP contribution in [0.3, 0.4) is 0 Å². The van der Waals surface area contributed by atoms with Gasteiger partial charge in [0.15, 0.2) is 5.96 Å². The molecule has 2 aromatic rings. The molecule has 1 aromatic carbocycles. The molecule has 0 spiro atoms. The number of benzene rings is 1. The van der Waals surface area contributed by atoms with Crippen molar-refractivity contribution in [3.8, 4) is 0 Å². The van der Waals surface area contributed by atoms with E-state index in [1.54, 1.807) is 0 Å². The van der Waals surface area contributed by atoms with E-state index in [2.05, 4.69) is 59.6 Å². The van der Waals surface area contributed by atoms with Crippen LogP contribution in [0.5, 0.6) is 0 Å². The molecule has 1 aromatic heterocycles. The Kier molecular flexibility index (Phi) is 9.77. The summed E-state index contributed by atoms with van der Waals surface area (Å²) in [5.41, 5.74) is 2.38. The highest BCUT2D eigenvalue weighted by molar-refractivity contribution is 14.0. The second-order valence-electron chi connectivity index (χ2n) is 6.84. The fourth-order valence-electron chi connectivity index (χ4n) is 3.41. The number of nitrogens with one attached hydrogen (secondary N) is 1. The molecule has 0 radical (unpaired) electrons. The zero-order valence-corrected chi connectivity index (χ0v) is 19.2. The first-order chi connectivity index (χ1) is 13.3. The number of aromatic nitrogens is 2. The van der Waals surface area contributed by atoms with Crippen LogP contribution in [-0.4, -0.2) is 53.0 Å². The molecular formula is C21H32IN5O. The van der Waals surface area contributed by atoms with Gasteiger partial charge in [-0.25, -0.2) is 4.99 Å². The van der Waals surface area contributed by atoms with E-state index in [0.717, 1.165) is 57.2 Å². The minimum Gasteiger partial charge on any atom is -0.378 e. The number of guanidine groups is 1. The van der Waals surface area contributed by atoms with Crippen LogP contribution in [0.2, 0.25) is 0 Å². The van der Waals surface area contributed by atoms with Crippen LogP contribution in [0, 0.1) is 0 Å². The van der Waals surface area contributed by atoms with Crippen molar-refractivity contribution in [3.63, 3.8) is 0 Å². The average Bonchev–Trinajstić information content (AvgIpc) is 3.14. The maximum Gasteiger partial charge on any atom is 0.194 e. The number of aliphatic imine (C=N–C) groups is 1. The molecule has 1 saturated heterocycles. The number of hydrogen-bond donors (Lipinski definition) is 1. The highest BCUT2D eigenvalue weighted by atomic mass is 127. The summed E-state index contributed by atoms with van der Waals surface area (Å²) in [4.78, 5) is 7.18. The third-order valence-electron chi connectivity index (χ3n) is 4.76. The van der Waals surface area contributed by atoms with E-state index in [4.69, 9.17) is 9.73 Å². The zero-order valence-electron chi connectivity index (χ0n) is 16.9. The van der Waals surface area contributed by atoms with Gasteiger partial charge in [-0.3, -0.25) is 4.68 Å². The molecule has 0 unspecified atom stereocenters. The smallest absolute Gasteiger partial charge is 0.194 e. The molecule has 1 N–H and O–H groups in total. The monoisotopic (exact) mass is 497 g/mol. The fourth-order valence-corrected chi connectivity index (χ4v) is 3.41. The van der Waals surface area contributed by atoms with Gasteiger partial charge in [-0.1, -0.05) is 30.3 Å². The van der Waals surface area contributed by atoms with Gasteiger partial charge >= 0.3 is 0 Å². The summed E-state index contributed by atoms with van der Waals surface area (Å²) in [6, 6.07) is 10.4. The molecular weight excluding hydrogens is 465 g/mol. The number of nitrogens with zero attached hydrogens (tertiary/aromatic N) is 4. The van der Waals surface area contributed by atoms with Crippen LogP contribution in [0.4, 0.5) is 0 Å². The van der Waals surface area contributed by atoms with Crippen molar-refractivity contribution in [2.75, 3.05) is 26.2 Å². The Balaban J connectivity index is 0.00000280. The Morgan fingerprint density at radius 3 is 2.61 bits per heavy atom. The molecule has 1 aliphatic heterocycles. The maximum absolute atomic E-state index is 5.75. The second kappa shape index (κ2) is 12.1. The van der Waals surface area contributed by atoms with E-state index in [0.29, 0.717) is 12.6 Å². The Labute approximate surface area is 185 Å². The van der Waals surface area contributed by atoms with Crippen molar-refractivity contribution in [1.82, 2.24) is 20.0 Å². The van der Waals surface area contributed by atoms with Crippen LogP contribution < -0.4 is 5.32 Å². The van der Waals surface area contributed by atoms with Crippen LogP contribution in [0.25, 0.3) is 0 Å². The minimum atomic E-state index is 0. The van der Waals surface area contributed by atoms with Gasteiger partial charge in [-0.05, 0) is 32.3 Å². The first-order valence-corrected chi connectivity index (χ1v) is 9.98. The predicted molar refractivity (Wildman–Crippen MR) is 124 cm³/mol.